The molecule has 4 atom stereocenters. The maximum absolute atomic E-state index is 11.2. The van der Waals surface area contributed by atoms with E-state index in [4.69, 9.17) is 0 Å². The Hall–Kier alpha value is -0.610. The van der Waals surface area contributed by atoms with Gasteiger partial charge in [-0.05, 0) is 44.6 Å². The summed E-state index contributed by atoms with van der Waals surface area (Å²) in [4.78, 5) is 11.2. The molecule has 3 N–H and O–H groups in total. The Morgan fingerprint density at radius 1 is 1.05 bits per heavy atom. The highest BCUT2D eigenvalue weighted by molar-refractivity contribution is 5.76. The molecule has 4 heteroatoms. The topological polar surface area (TPSA) is 53.2 Å². The van der Waals surface area contributed by atoms with Gasteiger partial charge in [0.1, 0.15) is 0 Å². The quantitative estimate of drug-likeness (QED) is 0.718. The molecule has 0 aromatic rings. The molecule has 3 aliphatic rings. The van der Waals surface area contributed by atoms with Crippen LogP contribution < -0.4 is 16.0 Å². The summed E-state index contributed by atoms with van der Waals surface area (Å²) >= 11 is 0. The largest absolute Gasteiger partial charge is 0.355 e. The van der Waals surface area contributed by atoms with E-state index in [1.807, 2.05) is 0 Å². The molecule has 19 heavy (non-hydrogen) atoms. The lowest BCUT2D eigenvalue weighted by molar-refractivity contribution is -0.122. The molecule has 0 aromatic carbocycles. The Bertz CT molecular complexity index is 305. The van der Waals surface area contributed by atoms with Gasteiger partial charge >= 0.3 is 0 Å². The summed E-state index contributed by atoms with van der Waals surface area (Å²) in [6.07, 6.45) is 9.83. The summed E-state index contributed by atoms with van der Waals surface area (Å²) in [6, 6.07) is 1.88. The number of hydrogen-bond acceptors (Lipinski definition) is 3. The zero-order valence-corrected chi connectivity index (χ0v) is 11.8. The van der Waals surface area contributed by atoms with Crippen LogP contribution in [0.2, 0.25) is 0 Å². The van der Waals surface area contributed by atoms with Gasteiger partial charge in [0, 0.05) is 31.1 Å². The predicted octanol–water partition coefficient (Wildman–Crippen LogP) is 1.17. The van der Waals surface area contributed by atoms with Crippen LogP contribution in [-0.2, 0) is 4.79 Å². The second-order valence-electron chi connectivity index (χ2n) is 6.46. The van der Waals surface area contributed by atoms with Crippen LogP contribution in [0.5, 0.6) is 0 Å². The molecule has 0 spiro atoms. The molecule has 3 rings (SSSR count). The van der Waals surface area contributed by atoms with Crippen LogP contribution in [0.1, 0.15) is 51.4 Å². The minimum atomic E-state index is 0.218. The van der Waals surface area contributed by atoms with Gasteiger partial charge in [0.2, 0.25) is 5.91 Å². The van der Waals surface area contributed by atoms with Crippen molar-refractivity contribution in [2.24, 2.45) is 5.92 Å². The minimum Gasteiger partial charge on any atom is -0.355 e. The van der Waals surface area contributed by atoms with Crippen molar-refractivity contribution in [3.05, 3.63) is 0 Å². The fraction of sp³-hybridized carbons (Fsp3) is 0.933. The maximum atomic E-state index is 11.2. The van der Waals surface area contributed by atoms with E-state index in [0.29, 0.717) is 18.5 Å². The van der Waals surface area contributed by atoms with Crippen LogP contribution in [0.4, 0.5) is 0 Å². The molecule has 108 valence electrons. The molecular weight excluding hydrogens is 238 g/mol. The Labute approximate surface area is 116 Å². The molecular formula is C15H27N3O. The number of carbonyl (C=O) groups excluding carboxylic acids is 1. The molecule has 1 amide bonds. The minimum absolute atomic E-state index is 0.218. The summed E-state index contributed by atoms with van der Waals surface area (Å²) in [5.41, 5.74) is 0. The van der Waals surface area contributed by atoms with Crippen molar-refractivity contribution in [1.82, 2.24) is 16.0 Å². The number of rotatable bonds is 3. The zero-order chi connectivity index (χ0) is 13.1. The van der Waals surface area contributed by atoms with Gasteiger partial charge in [-0.2, -0.15) is 0 Å². The monoisotopic (exact) mass is 265 g/mol. The van der Waals surface area contributed by atoms with E-state index in [1.54, 1.807) is 0 Å². The first-order valence-corrected chi connectivity index (χ1v) is 8.09. The lowest BCUT2D eigenvalue weighted by atomic mass is 9.87. The average molecular weight is 265 g/mol. The zero-order valence-electron chi connectivity index (χ0n) is 11.8. The molecule has 0 bridgehead atoms. The molecule has 1 aliphatic carbocycles. The van der Waals surface area contributed by atoms with Crippen molar-refractivity contribution in [3.63, 3.8) is 0 Å². The first kappa shape index (κ1) is 13.4. The third-order valence-electron chi connectivity index (χ3n) is 5.15. The van der Waals surface area contributed by atoms with Crippen molar-refractivity contribution >= 4 is 5.91 Å². The molecule has 2 aliphatic heterocycles. The number of hydrogen-bond donors (Lipinski definition) is 3. The van der Waals surface area contributed by atoms with E-state index in [9.17, 15) is 4.79 Å². The third-order valence-corrected chi connectivity index (χ3v) is 5.15. The molecule has 1 saturated carbocycles. The molecule has 4 nitrogen and oxygen atoms in total. The van der Waals surface area contributed by atoms with E-state index in [1.165, 1.54) is 45.1 Å². The van der Waals surface area contributed by atoms with Gasteiger partial charge in [0.05, 0.1) is 0 Å². The van der Waals surface area contributed by atoms with Crippen molar-refractivity contribution in [1.29, 1.82) is 0 Å². The Balaban J connectivity index is 1.52. The van der Waals surface area contributed by atoms with Crippen LogP contribution in [0, 0.1) is 5.92 Å². The molecule has 0 aromatic heterocycles. The van der Waals surface area contributed by atoms with E-state index >= 15 is 0 Å². The number of carbonyl (C=O) groups is 1. The summed E-state index contributed by atoms with van der Waals surface area (Å²) < 4.78 is 0. The highest BCUT2D eigenvalue weighted by Gasteiger charge is 2.35. The molecule has 2 saturated heterocycles. The third kappa shape index (κ3) is 3.29. The number of amides is 1. The summed E-state index contributed by atoms with van der Waals surface area (Å²) in [5.74, 6) is 1.02. The fourth-order valence-electron chi connectivity index (χ4n) is 4.10. The van der Waals surface area contributed by atoms with Crippen LogP contribution in [-0.4, -0.2) is 37.1 Å². The van der Waals surface area contributed by atoms with Crippen LogP contribution in [0.15, 0.2) is 0 Å². The van der Waals surface area contributed by atoms with Crippen LogP contribution in [0.3, 0.4) is 0 Å². The Kier molecular flexibility index (Phi) is 4.38. The lowest BCUT2D eigenvalue weighted by Crippen LogP contribution is -2.53. The van der Waals surface area contributed by atoms with Gasteiger partial charge < -0.3 is 16.0 Å². The average Bonchev–Trinajstić information content (AvgIpc) is 2.90. The molecule has 0 radical (unpaired) electrons. The second kappa shape index (κ2) is 6.23. The van der Waals surface area contributed by atoms with E-state index in [-0.39, 0.29) is 5.91 Å². The Morgan fingerprint density at radius 3 is 2.74 bits per heavy atom. The van der Waals surface area contributed by atoms with Crippen LogP contribution >= 0.6 is 0 Å². The van der Waals surface area contributed by atoms with Gasteiger partial charge in [-0.1, -0.05) is 12.8 Å². The maximum Gasteiger partial charge on any atom is 0.220 e. The molecule has 3 fully saturated rings. The predicted molar refractivity (Wildman–Crippen MR) is 75.9 cm³/mol. The van der Waals surface area contributed by atoms with Crippen molar-refractivity contribution in [2.75, 3.05) is 13.1 Å². The van der Waals surface area contributed by atoms with Crippen molar-refractivity contribution in [3.8, 4) is 0 Å². The molecule has 2 heterocycles. The van der Waals surface area contributed by atoms with E-state index in [0.717, 1.165) is 24.9 Å². The van der Waals surface area contributed by atoms with Crippen LogP contribution in [0.25, 0.3) is 0 Å². The highest BCUT2D eigenvalue weighted by Crippen LogP contribution is 2.32. The summed E-state index contributed by atoms with van der Waals surface area (Å²) in [5, 5.41) is 10.5. The van der Waals surface area contributed by atoms with Gasteiger partial charge in [-0.3, -0.25) is 4.79 Å². The van der Waals surface area contributed by atoms with Gasteiger partial charge in [0.15, 0.2) is 0 Å². The normalized spacial score (nSPS) is 40.1. The highest BCUT2D eigenvalue weighted by atomic mass is 16.1. The van der Waals surface area contributed by atoms with Crippen molar-refractivity contribution < 1.29 is 4.79 Å². The standard InChI is InChI=1S/C15H27N3O/c19-15-8-7-11(10-17-15)18-14-6-3-4-12(14)13-5-1-2-9-16-13/h11-14,16,18H,1-10H2,(H,17,19). The number of piperidine rings is 2. The summed E-state index contributed by atoms with van der Waals surface area (Å²) in [6.45, 7) is 2.02. The second-order valence-corrected chi connectivity index (χ2v) is 6.46. The molecule has 4 unspecified atom stereocenters. The lowest BCUT2D eigenvalue weighted by Gasteiger charge is -2.35. The van der Waals surface area contributed by atoms with Gasteiger partial charge in [0.25, 0.3) is 0 Å². The van der Waals surface area contributed by atoms with E-state index in [2.05, 4.69) is 16.0 Å². The summed E-state index contributed by atoms with van der Waals surface area (Å²) in [7, 11) is 0. The first-order chi connectivity index (χ1) is 9.33. The van der Waals surface area contributed by atoms with E-state index < -0.39 is 0 Å². The first-order valence-electron chi connectivity index (χ1n) is 8.09. The number of nitrogens with one attached hydrogen (secondary N) is 3. The smallest absolute Gasteiger partial charge is 0.220 e. The van der Waals surface area contributed by atoms with Gasteiger partial charge in [-0.25, -0.2) is 0 Å². The SMILES string of the molecule is O=C1CCC(NC2CCCC2C2CCCCN2)CN1. The fourth-order valence-corrected chi connectivity index (χ4v) is 4.10. The van der Waals surface area contributed by atoms with Crippen molar-refractivity contribution in [2.45, 2.75) is 69.5 Å². The Morgan fingerprint density at radius 2 is 2.00 bits per heavy atom. The van der Waals surface area contributed by atoms with Gasteiger partial charge in [-0.15, -0.1) is 0 Å².